The molecule has 3 nitrogen and oxygen atoms in total. The van der Waals surface area contributed by atoms with Gasteiger partial charge in [-0.3, -0.25) is 0 Å². The molecule has 0 atom stereocenters. The van der Waals surface area contributed by atoms with Gasteiger partial charge in [0.1, 0.15) is 17.5 Å². The fraction of sp³-hybridized carbons (Fsp3) is 0.444. The Kier molecular flexibility index (Phi) is 1.93. The molecular weight excluding hydrogens is 186 g/mol. The average Bonchev–Trinajstić information content (AvgIpc) is 2.85. The largest absolute Gasteiger partial charge is 0.236 e. The zero-order chi connectivity index (χ0) is 9.42. The van der Waals surface area contributed by atoms with E-state index in [0.29, 0.717) is 17.2 Å². The number of halogens is 1. The van der Waals surface area contributed by atoms with Crippen molar-refractivity contribution in [2.45, 2.75) is 25.7 Å². The van der Waals surface area contributed by atoms with Gasteiger partial charge >= 0.3 is 0 Å². The van der Waals surface area contributed by atoms with Crippen molar-refractivity contribution in [3.8, 4) is 6.07 Å². The van der Waals surface area contributed by atoms with Crippen LogP contribution in [0.15, 0.2) is 0 Å². The molecule has 1 saturated carbocycles. The van der Waals surface area contributed by atoms with Gasteiger partial charge < -0.3 is 0 Å². The Morgan fingerprint density at radius 3 is 2.62 bits per heavy atom. The van der Waals surface area contributed by atoms with E-state index in [1.807, 2.05) is 6.07 Å². The Morgan fingerprint density at radius 2 is 2.15 bits per heavy atom. The Hall–Kier alpha value is -1.14. The summed E-state index contributed by atoms with van der Waals surface area (Å²) in [6, 6.07) is 1.99. The van der Waals surface area contributed by atoms with Gasteiger partial charge in [0.15, 0.2) is 5.15 Å². The van der Waals surface area contributed by atoms with Crippen molar-refractivity contribution in [1.29, 1.82) is 5.26 Å². The molecule has 13 heavy (non-hydrogen) atoms. The smallest absolute Gasteiger partial charge is 0.150 e. The van der Waals surface area contributed by atoms with Crippen LogP contribution in [0, 0.1) is 18.3 Å². The molecule has 1 aliphatic rings. The molecule has 0 spiro atoms. The predicted molar refractivity (Wildman–Crippen MR) is 48.5 cm³/mol. The number of nitrogens with zero attached hydrogens (tertiary/aromatic N) is 3. The molecule has 1 aromatic heterocycles. The first-order valence-electron chi connectivity index (χ1n) is 4.16. The SMILES string of the molecule is Cc1nc(C2CC2)nc(Cl)c1C#N. The van der Waals surface area contributed by atoms with Crippen LogP contribution in [-0.4, -0.2) is 9.97 Å². The zero-order valence-corrected chi connectivity index (χ0v) is 7.97. The molecular formula is C9H8ClN3. The lowest BCUT2D eigenvalue weighted by Gasteiger charge is -2.02. The molecule has 1 fully saturated rings. The number of nitriles is 1. The number of rotatable bonds is 1. The van der Waals surface area contributed by atoms with Crippen LogP contribution in [0.2, 0.25) is 5.15 Å². The highest BCUT2D eigenvalue weighted by Crippen LogP contribution is 2.38. The molecule has 0 N–H and O–H groups in total. The summed E-state index contributed by atoms with van der Waals surface area (Å²) in [6.45, 7) is 1.79. The fourth-order valence-corrected chi connectivity index (χ4v) is 1.48. The summed E-state index contributed by atoms with van der Waals surface area (Å²) in [5.41, 5.74) is 1.08. The summed E-state index contributed by atoms with van der Waals surface area (Å²) in [5.74, 6) is 1.27. The van der Waals surface area contributed by atoms with Crippen LogP contribution in [0.1, 0.15) is 35.8 Å². The molecule has 4 heteroatoms. The quantitative estimate of drug-likeness (QED) is 0.643. The first-order chi connectivity index (χ1) is 6.22. The molecule has 0 saturated heterocycles. The Bertz CT molecular complexity index is 367. The number of aryl methyl sites for hydroxylation is 1. The third-order valence-electron chi connectivity index (χ3n) is 2.12. The van der Waals surface area contributed by atoms with Gasteiger partial charge in [-0.2, -0.15) is 5.26 Å². The normalized spacial score (nSPS) is 15.5. The Morgan fingerprint density at radius 1 is 1.46 bits per heavy atom. The van der Waals surface area contributed by atoms with Gasteiger partial charge in [-0.05, 0) is 19.8 Å². The van der Waals surface area contributed by atoms with Gasteiger partial charge in [-0.25, -0.2) is 9.97 Å². The topological polar surface area (TPSA) is 49.6 Å². The lowest BCUT2D eigenvalue weighted by Crippen LogP contribution is -1.99. The number of hydrogen-bond donors (Lipinski definition) is 0. The van der Waals surface area contributed by atoms with Crippen LogP contribution in [-0.2, 0) is 0 Å². The van der Waals surface area contributed by atoms with Crippen molar-refractivity contribution in [3.05, 3.63) is 22.2 Å². The lowest BCUT2D eigenvalue weighted by molar-refractivity contribution is 0.901. The molecule has 0 aromatic carbocycles. The Labute approximate surface area is 81.4 Å². The van der Waals surface area contributed by atoms with Gasteiger partial charge in [0, 0.05) is 5.92 Å². The van der Waals surface area contributed by atoms with E-state index in [0.717, 1.165) is 18.7 Å². The minimum absolute atomic E-state index is 0.289. The summed E-state index contributed by atoms with van der Waals surface area (Å²) in [5, 5.41) is 9.02. The summed E-state index contributed by atoms with van der Waals surface area (Å²) in [7, 11) is 0. The van der Waals surface area contributed by atoms with E-state index >= 15 is 0 Å². The van der Waals surface area contributed by atoms with Crippen molar-refractivity contribution >= 4 is 11.6 Å². The second-order valence-corrected chi connectivity index (χ2v) is 3.58. The van der Waals surface area contributed by atoms with Gasteiger partial charge in [0.05, 0.1) is 5.69 Å². The Balaban J connectivity index is 2.50. The van der Waals surface area contributed by atoms with Crippen molar-refractivity contribution in [2.75, 3.05) is 0 Å². The monoisotopic (exact) mass is 193 g/mol. The molecule has 0 unspecified atom stereocenters. The van der Waals surface area contributed by atoms with Crippen molar-refractivity contribution in [3.63, 3.8) is 0 Å². The standard InChI is InChI=1S/C9H8ClN3/c1-5-7(4-11)8(10)13-9(12-5)6-2-3-6/h6H,2-3H2,1H3. The molecule has 1 heterocycles. The second kappa shape index (κ2) is 2.97. The van der Waals surface area contributed by atoms with Crippen molar-refractivity contribution in [1.82, 2.24) is 9.97 Å². The number of hydrogen-bond acceptors (Lipinski definition) is 3. The highest BCUT2D eigenvalue weighted by Gasteiger charge is 2.27. The summed E-state index contributed by atoms with van der Waals surface area (Å²) in [6.07, 6.45) is 2.28. The van der Waals surface area contributed by atoms with E-state index in [-0.39, 0.29) is 5.15 Å². The van der Waals surface area contributed by atoms with Crippen LogP contribution < -0.4 is 0 Å². The van der Waals surface area contributed by atoms with E-state index in [2.05, 4.69) is 9.97 Å². The third kappa shape index (κ3) is 1.50. The third-order valence-corrected chi connectivity index (χ3v) is 2.39. The van der Waals surface area contributed by atoms with Crippen molar-refractivity contribution < 1.29 is 0 Å². The fourth-order valence-electron chi connectivity index (χ4n) is 1.21. The molecule has 1 aromatic rings. The first-order valence-corrected chi connectivity index (χ1v) is 4.54. The van der Waals surface area contributed by atoms with Crippen LogP contribution in [0.3, 0.4) is 0 Å². The molecule has 2 rings (SSSR count). The van der Waals surface area contributed by atoms with Crippen LogP contribution in [0.5, 0.6) is 0 Å². The average molecular weight is 194 g/mol. The van der Waals surface area contributed by atoms with E-state index in [1.165, 1.54) is 0 Å². The molecule has 0 amide bonds. The highest BCUT2D eigenvalue weighted by molar-refractivity contribution is 6.30. The maximum Gasteiger partial charge on any atom is 0.150 e. The summed E-state index contributed by atoms with van der Waals surface area (Å²) < 4.78 is 0. The van der Waals surface area contributed by atoms with Crippen LogP contribution in [0.25, 0.3) is 0 Å². The molecule has 0 bridgehead atoms. The van der Waals surface area contributed by atoms with E-state index in [1.54, 1.807) is 6.92 Å². The first kappa shape index (κ1) is 8.46. The maximum absolute atomic E-state index is 8.73. The molecule has 1 aliphatic carbocycles. The molecule has 0 aliphatic heterocycles. The second-order valence-electron chi connectivity index (χ2n) is 3.22. The summed E-state index contributed by atoms with van der Waals surface area (Å²) >= 11 is 5.83. The van der Waals surface area contributed by atoms with Crippen molar-refractivity contribution in [2.24, 2.45) is 0 Å². The van der Waals surface area contributed by atoms with E-state index < -0.39 is 0 Å². The van der Waals surface area contributed by atoms with Crippen LogP contribution in [0.4, 0.5) is 0 Å². The molecule has 0 radical (unpaired) electrons. The van der Waals surface area contributed by atoms with Gasteiger partial charge in [-0.15, -0.1) is 0 Å². The summed E-state index contributed by atoms with van der Waals surface area (Å²) in [4.78, 5) is 8.35. The van der Waals surface area contributed by atoms with Gasteiger partial charge in [0.2, 0.25) is 0 Å². The van der Waals surface area contributed by atoms with Crippen LogP contribution >= 0.6 is 11.6 Å². The minimum atomic E-state index is 0.289. The van der Waals surface area contributed by atoms with E-state index in [4.69, 9.17) is 16.9 Å². The van der Waals surface area contributed by atoms with Gasteiger partial charge in [-0.1, -0.05) is 11.6 Å². The number of aromatic nitrogens is 2. The highest BCUT2D eigenvalue weighted by atomic mass is 35.5. The maximum atomic E-state index is 8.73. The minimum Gasteiger partial charge on any atom is -0.236 e. The van der Waals surface area contributed by atoms with E-state index in [9.17, 15) is 0 Å². The zero-order valence-electron chi connectivity index (χ0n) is 7.21. The van der Waals surface area contributed by atoms with Gasteiger partial charge in [0.25, 0.3) is 0 Å². The predicted octanol–water partition coefficient (Wildman–Crippen LogP) is 2.19. The lowest BCUT2D eigenvalue weighted by atomic mass is 10.2. The molecule has 66 valence electrons.